The summed E-state index contributed by atoms with van der Waals surface area (Å²) in [6.07, 6.45) is 1.46. The van der Waals surface area contributed by atoms with Crippen LogP contribution in [0.2, 0.25) is 5.02 Å². The third-order valence-electron chi connectivity index (χ3n) is 2.36. The molecular formula is C13H11ClN2O2. The first-order valence-corrected chi connectivity index (χ1v) is 5.70. The van der Waals surface area contributed by atoms with Gasteiger partial charge in [-0.05, 0) is 29.8 Å². The number of benzene rings is 1. The van der Waals surface area contributed by atoms with Gasteiger partial charge in [-0.1, -0.05) is 23.7 Å². The molecule has 0 bridgehead atoms. The Labute approximate surface area is 109 Å². The zero-order chi connectivity index (χ0) is 13.0. The molecule has 5 heteroatoms. The van der Waals surface area contributed by atoms with Gasteiger partial charge in [-0.25, -0.2) is 9.78 Å². The lowest BCUT2D eigenvalue weighted by molar-refractivity contribution is 0.0690. The summed E-state index contributed by atoms with van der Waals surface area (Å²) in [5.74, 6) is -1.04. The van der Waals surface area contributed by atoms with Crippen molar-refractivity contribution in [1.29, 1.82) is 0 Å². The number of hydrogen-bond acceptors (Lipinski definition) is 3. The second kappa shape index (κ2) is 5.51. The summed E-state index contributed by atoms with van der Waals surface area (Å²) in [5.41, 5.74) is 1.75. The fourth-order valence-electron chi connectivity index (χ4n) is 1.51. The third kappa shape index (κ3) is 3.21. The van der Waals surface area contributed by atoms with E-state index in [1.165, 1.54) is 12.3 Å². The molecule has 0 saturated carbocycles. The van der Waals surface area contributed by atoms with Gasteiger partial charge < -0.3 is 10.4 Å². The van der Waals surface area contributed by atoms with E-state index in [9.17, 15) is 4.79 Å². The molecule has 1 aromatic carbocycles. The molecular weight excluding hydrogens is 252 g/mol. The van der Waals surface area contributed by atoms with Crippen LogP contribution < -0.4 is 5.32 Å². The summed E-state index contributed by atoms with van der Waals surface area (Å²) in [4.78, 5) is 14.5. The van der Waals surface area contributed by atoms with Crippen LogP contribution in [-0.4, -0.2) is 16.1 Å². The van der Waals surface area contributed by atoms with E-state index in [0.29, 0.717) is 17.3 Å². The fourth-order valence-corrected chi connectivity index (χ4v) is 1.72. The van der Waals surface area contributed by atoms with Crippen LogP contribution in [0.1, 0.15) is 16.1 Å². The lowest BCUT2D eigenvalue weighted by Crippen LogP contribution is -2.03. The number of halogens is 1. The number of hydrogen-bond donors (Lipinski definition) is 2. The second-order valence-electron chi connectivity index (χ2n) is 3.72. The van der Waals surface area contributed by atoms with Crippen LogP contribution >= 0.6 is 11.6 Å². The number of anilines is 1. The molecule has 1 aromatic heterocycles. The van der Waals surface area contributed by atoms with E-state index in [4.69, 9.17) is 16.7 Å². The van der Waals surface area contributed by atoms with Crippen LogP contribution in [0.5, 0.6) is 0 Å². The average molecular weight is 263 g/mol. The van der Waals surface area contributed by atoms with Crippen LogP contribution in [0.3, 0.4) is 0 Å². The molecule has 4 nitrogen and oxygen atoms in total. The standard InChI is InChI=1S/C13H11ClN2O2/c14-10-3-1-2-9(6-10)8-16-11-4-5-15-12(7-11)13(17)18/h1-7H,8H2,(H,15,16)(H,17,18). The fraction of sp³-hybridized carbons (Fsp3) is 0.0769. The molecule has 2 rings (SSSR count). The monoisotopic (exact) mass is 262 g/mol. The minimum absolute atomic E-state index is 0.0195. The van der Waals surface area contributed by atoms with Gasteiger partial charge in [0, 0.05) is 23.5 Å². The van der Waals surface area contributed by atoms with Gasteiger partial charge in [-0.3, -0.25) is 0 Å². The smallest absolute Gasteiger partial charge is 0.354 e. The van der Waals surface area contributed by atoms with Crippen molar-refractivity contribution in [1.82, 2.24) is 4.98 Å². The predicted molar refractivity (Wildman–Crippen MR) is 70.0 cm³/mol. The first kappa shape index (κ1) is 12.4. The average Bonchev–Trinajstić information content (AvgIpc) is 2.37. The Bertz CT molecular complexity index is 572. The maximum Gasteiger partial charge on any atom is 0.354 e. The number of aromatic carboxylic acids is 1. The molecule has 0 saturated heterocycles. The van der Waals surface area contributed by atoms with Gasteiger partial charge >= 0.3 is 5.97 Å². The number of carboxylic acid groups (broad SMARTS) is 1. The van der Waals surface area contributed by atoms with Crippen molar-refractivity contribution in [3.05, 3.63) is 58.9 Å². The molecule has 0 fully saturated rings. The minimum atomic E-state index is -1.04. The first-order valence-electron chi connectivity index (χ1n) is 5.33. The predicted octanol–water partition coefficient (Wildman–Crippen LogP) is 3.05. The van der Waals surface area contributed by atoms with E-state index in [2.05, 4.69) is 10.3 Å². The highest BCUT2D eigenvalue weighted by Gasteiger charge is 2.04. The Morgan fingerprint density at radius 2 is 2.17 bits per heavy atom. The molecule has 0 aliphatic rings. The number of nitrogens with one attached hydrogen (secondary N) is 1. The number of aromatic nitrogens is 1. The highest BCUT2D eigenvalue weighted by atomic mass is 35.5. The van der Waals surface area contributed by atoms with Crippen molar-refractivity contribution in [2.24, 2.45) is 0 Å². The summed E-state index contributed by atoms with van der Waals surface area (Å²) < 4.78 is 0. The molecule has 1 heterocycles. The maximum absolute atomic E-state index is 10.8. The zero-order valence-corrected chi connectivity index (χ0v) is 10.2. The lowest BCUT2D eigenvalue weighted by Gasteiger charge is -2.07. The Hall–Kier alpha value is -2.07. The summed E-state index contributed by atoms with van der Waals surface area (Å²) in [5, 5.41) is 12.6. The van der Waals surface area contributed by atoms with Gasteiger partial charge in [0.15, 0.2) is 0 Å². The van der Waals surface area contributed by atoms with E-state index in [0.717, 1.165) is 5.56 Å². The van der Waals surface area contributed by atoms with Gasteiger partial charge in [-0.15, -0.1) is 0 Å². The maximum atomic E-state index is 10.8. The SMILES string of the molecule is O=C(O)c1cc(NCc2cccc(Cl)c2)ccn1. The third-order valence-corrected chi connectivity index (χ3v) is 2.60. The molecule has 0 spiro atoms. The van der Waals surface area contributed by atoms with E-state index < -0.39 is 5.97 Å². The molecule has 0 atom stereocenters. The molecule has 0 unspecified atom stereocenters. The van der Waals surface area contributed by atoms with Gasteiger partial charge in [0.2, 0.25) is 0 Å². The quantitative estimate of drug-likeness (QED) is 0.889. The summed E-state index contributed by atoms with van der Waals surface area (Å²) >= 11 is 5.88. The summed E-state index contributed by atoms with van der Waals surface area (Å²) in [6, 6.07) is 10.7. The number of rotatable bonds is 4. The Morgan fingerprint density at radius 1 is 1.33 bits per heavy atom. The van der Waals surface area contributed by atoms with Gasteiger partial charge in [0.25, 0.3) is 0 Å². The molecule has 18 heavy (non-hydrogen) atoms. The van der Waals surface area contributed by atoms with Gasteiger partial charge in [0.05, 0.1) is 0 Å². The number of nitrogens with zero attached hydrogens (tertiary/aromatic N) is 1. The van der Waals surface area contributed by atoms with Gasteiger partial charge in [0.1, 0.15) is 5.69 Å². The molecule has 0 aliphatic carbocycles. The normalized spacial score (nSPS) is 10.1. The van der Waals surface area contributed by atoms with Crippen LogP contribution in [0.4, 0.5) is 5.69 Å². The van der Waals surface area contributed by atoms with E-state index in [1.807, 2.05) is 18.2 Å². The Morgan fingerprint density at radius 3 is 2.89 bits per heavy atom. The molecule has 2 N–H and O–H groups in total. The van der Waals surface area contributed by atoms with E-state index >= 15 is 0 Å². The van der Waals surface area contributed by atoms with Gasteiger partial charge in [-0.2, -0.15) is 0 Å². The topological polar surface area (TPSA) is 62.2 Å². The highest BCUT2D eigenvalue weighted by Crippen LogP contribution is 2.13. The Kier molecular flexibility index (Phi) is 3.79. The van der Waals surface area contributed by atoms with Crippen molar-refractivity contribution in [3.63, 3.8) is 0 Å². The van der Waals surface area contributed by atoms with Crippen molar-refractivity contribution < 1.29 is 9.90 Å². The van der Waals surface area contributed by atoms with E-state index in [-0.39, 0.29) is 5.69 Å². The molecule has 92 valence electrons. The number of carboxylic acids is 1. The second-order valence-corrected chi connectivity index (χ2v) is 4.15. The zero-order valence-electron chi connectivity index (χ0n) is 9.43. The number of pyridine rings is 1. The lowest BCUT2D eigenvalue weighted by atomic mass is 10.2. The molecule has 2 aromatic rings. The van der Waals surface area contributed by atoms with Crippen molar-refractivity contribution >= 4 is 23.3 Å². The van der Waals surface area contributed by atoms with Crippen molar-refractivity contribution in [2.75, 3.05) is 5.32 Å². The first-order chi connectivity index (χ1) is 8.65. The molecule has 0 aliphatic heterocycles. The largest absolute Gasteiger partial charge is 0.477 e. The Balaban J connectivity index is 2.06. The molecule has 0 amide bonds. The van der Waals surface area contributed by atoms with Crippen LogP contribution in [0, 0.1) is 0 Å². The molecule has 0 radical (unpaired) electrons. The van der Waals surface area contributed by atoms with E-state index in [1.54, 1.807) is 12.1 Å². The van der Waals surface area contributed by atoms with Crippen molar-refractivity contribution in [3.8, 4) is 0 Å². The minimum Gasteiger partial charge on any atom is -0.477 e. The number of carbonyl (C=O) groups is 1. The van der Waals surface area contributed by atoms with Crippen LogP contribution in [0.25, 0.3) is 0 Å². The summed E-state index contributed by atoms with van der Waals surface area (Å²) in [6.45, 7) is 0.573. The van der Waals surface area contributed by atoms with Crippen LogP contribution in [-0.2, 0) is 6.54 Å². The highest BCUT2D eigenvalue weighted by molar-refractivity contribution is 6.30. The van der Waals surface area contributed by atoms with Crippen molar-refractivity contribution in [2.45, 2.75) is 6.54 Å². The van der Waals surface area contributed by atoms with Crippen LogP contribution in [0.15, 0.2) is 42.6 Å². The summed E-state index contributed by atoms with van der Waals surface area (Å²) in [7, 11) is 0.